The van der Waals surface area contributed by atoms with Gasteiger partial charge in [0.1, 0.15) is 24.7 Å². The lowest BCUT2D eigenvalue weighted by molar-refractivity contribution is -0.140. The van der Waals surface area contributed by atoms with Crippen LogP contribution >= 0.6 is 0 Å². The molecule has 0 saturated heterocycles. The van der Waals surface area contributed by atoms with E-state index in [2.05, 4.69) is 22.3 Å². The number of esters is 1. The molecule has 1 aliphatic heterocycles. The minimum Gasteiger partial charge on any atom is -0.494 e. The zero-order valence-corrected chi connectivity index (χ0v) is 17.0. The van der Waals surface area contributed by atoms with E-state index in [-0.39, 0.29) is 12.6 Å². The molecular weight excluding hydrogens is 380 g/mol. The van der Waals surface area contributed by atoms with Gasteiger partial charge >= 0.3 is 5.97 Å². The summed E-state index contributed by atoms with van der Waals surface area (Å²) < 4.78 is 13.0. The molecule has 30 heavy (non-hydrogen) atoms. The average molecular weight is 404 g/mol. The number of aromatic nitrogens is 3. The topological polar surface area (TPSA) is 78.3 Å². The van der Waals surface area contributed by atoms with Gasteiger partial charge in [-0.25, -0.2) is 9.48 Å². The van der Waals surface area contributed by atoms with Gasteiger partial charge in [0.15, 0.2) is 0 Å². The average Bonchev–Trinajstić information content (AvgIpc) is 3.24. The Morgan fingerprint density at radius 3 is 2.63 bits per heavy atom. The van der Waals surface area contributed by atoms with Crippen molar-refractivity contribution in [3.8, 4) is 5.75 Å². The van der Waals surface area contributed by atoms with Gasteiger partial charge < -0.3 is 14.8 Å². The summed E-state index contributed by atoms with van der Waals surface area (Å²) in [6.45, 7) is 4.78. The highest BCUT2D eigenvalue weighted by Gasteiger charge is 2.34. The van der Waals surface area contributed by atoms with Crippen LogP contribution < -0.4 is 10.1 Å². The molecule has 2 heterocycles. The van der Waals surface area contributed by atoms with E-state index in [9.17, 15) is 4.79 Å². The first-order valence-corrected chi connectivity index (χ1v) is 9.98. The van der Waals surface area contributed by atoms with Gasteiger partial charge in [0.25, 0.3) is 0 Å². The quantitative estimate of drug-likeness (QED) is 0.598. The van der Waals surface area contributed by atoms with E-state index in [1.54, 1.807) is 4.68 Å². The van der Waals surface area contributed by atoms with Crippen molar-refractivity contribution < 1.29 is 14.3 Å². The second-order valence-corrected chi connectivity index (χ2v) is 7.07. The van der Waals surface area contributed by atoms with Gasteiger partial charge in [0, 0.05) is 5.70 Å². The van der Waals surface area contributed by atoms with E-state index in [1.807, 2.05) is 61.5 Å². The number of hydrogen-bond acceptors (Lipinski definition) is 6. The third kappa shape index (κ3) is 4.05. The van der Waals surface area contributed by atoms with E-state index < -0.39 is 6.04 Å². The molecule has 4 rings (SSSR count). The highest BCUT2D eigenvalue weighted by Crippen LogP contribution is 2.35. The van der Waals surface area contributed by atoms with Gasteiger partial charge in [-0.2, -0.15) is 10.1 Å². The fraction of sp³-hybridized carbons (Fsp3) is 0.261. The molecule has 3 aromatic rings. The smallest absolute Gasteiger partial charge is 0.338 e. The maximum absolute atomic E-state index is 13.1. The number of benzene rings is 2. The third-order valence-electron chi connectivity index (χ3n) is 4.90. The number of fused-ring (bicyclic) bond motifs is 1. The van der Waals surface area contributed by atoms with Crippen molar-refractivity contribution in [3.05, 3.63) is 83.3 Å². The lowest BCUT2D eigenvalue weighted by atomic mass is 9.95. The lowest BCUT2D eigenvalue weighted by Crippen LogP contribution is -2.29. The summed E-state index contributed by atoms with van der Waals surface area (Å²) >= 11 is 0. The van der Waals surface area contributed by atoms with Crippen molar-refractivity contribution >= 4 is 11.9 Å². The molecule has 0 saturated carbocycles. The van der Waals surface area contributed by atoms with Crippen molar-refractivity contribution in [1.29, 1.82) is 0 Å². The van der Waals surface area contributed by atoms with E-state index >= 15 is 0 Å². The Balaban J connectivity index is 1.62. The molecule has 0 spiro atoms. The number of hydrogen-bond donors (Lipinski definition) is 1. The van der Waals surface area contributed by atoms with Crippen LogP contribution in [0.1, 0.15) is 37.4 Å². The number of nitrogens with one attached hydrogen (secondary N) is 1. The summed E-state index contributed by atoms with van der Waals surface area (Å²) in [5.74, 6) is 0.993. The molecule has 0 aliphatic carbocycles. The first-order chi connectivity index (χ1) is 14.7. The minimum absolute atomic E-state index is 0.206. The summed E-state index contributed by atoms with van der Waals surface area (Å²) in [6.07, 6.45) is 2.41. The van der Waals surface area contributed by atoms with Gasteiger partial charge in [0.2, 0.25) is 5.95 Å². The van der Waals surface area contributed by atoms with Crippen LogP contribution in [-0.2, 0) is 16.1 Å². The number of carbonyl (C=O) groups excluding carboxylic acids is 1. The molecule has 0 amide bonds. The second kappa shape index (κ2) is 8.82. The highest BCUT2D eigenvalue weighted by molar-refractivity contribution is 5.92. The molecule has 1 unspecified atom stereocenters. The third-order valence-corrected chi connectivity index (χ3v) is 4.90. The molecule has 0 radical (unpaired) electrons. The van der Waals surface area contributed by atoms with Crippen molar-refractivity contribution in [3.63, 3.8) is 0 Å². The van der Waals surface area contributed by atoms with Gasteiger partial charge in [-0.15, -0.1) is 0 Å². The Hall–Kier alpha value is -3.61. The maximum Gasteiger partial charge on any atom is 0.338 e. The Bertz CT molecular complexity index is 1040. The van der Waals surface area contributed by atoms with E-state index in [0.29, 0.717) is 23.8 Å². The maximum atomic E-state index is 13.1. The summed E-state index contributed by atoms with van der Waals surface area (Å²) in [7, 11) is 0. The molecule has 0 fully saturated rings. The molecule has 2 aromatic carbocycles. The van der Waals surface area contributed by atoms with E-state index in [4.69, 9.17) is 9.47 Å². The Morgan fingerprint density at radius 2 is 1.90 bits per heavy atom. The molecule has 154 valence electrons. The monoisotopic (exact) mass is 404 g/mol. The van der Waals surface area contributed by atoms with E-state index in [1.165, 1.54) is 6.33 Å². The molecule has 7 heteroatoms. The van der Waals surface area contributed by atoms with Gasteiger partial charge in [0.05, 0.1) is 12.2 Å². The largest absolute Gasteiger partial charge is 0.494 e. The number of nitrogens with zero attached hydrogens (tertiary/aromatic N) is 3. The molecule has 0 bridgehead atoms. The summed E-state index contributed by atoms with van der Waals surface area (Å²) in [6, 6.07) is 16.9. The van der Waals surface area contributed by atoms with Gasteiger partial charge in [-0.3, -0.25) is 0 Å². The van der Waals surface area contributed by atoms with Crippen LogP contribution in [0, 0.1) is 0 Å². The van der Waals surface area contributed by atoms with Crippen LogP contribution in [0.3, 0.4) is 0 Å². The first kappa shape index (κ1) is 19.7. The second-order valence-electron chi connectivity index (χ2n) is 7.07. The number of ether oxygens (including phenoxy) is 2. The van der Waals surface area contributed by atoms with Crippen LogP contribution in [0.4, 0.5) is 5.95 Å². The lowest BCUT2D eigenvalue weighted by Gasteiger charge is -2.28. The number of allylic oxidation sites excluding steroid dienone is 1. The minimum atomic E-state index is -0.438. The first-order valence-electron chi connectivity index (χ1n) is 9.98. The molecule has 7 nitrogen and oxygen atoms in total. The Labute approximate surface area is 175 Å². The number of anilines is 1. The standard InChI is InChI=1S/C23H24N4O3/c1-3-13-29-19-11-9-18(10-12-19)21-20(16(2)26-23-24-15-25-27(21)23)22(28)30-14-17-7-5-4-6-8-17/h4-12,15,21H,3,13-14H2,1-2H3,(H,24,25,26). The van der Waals surface area contributed by atoms with Gasteiger partial charge in [-0.1, -0.05) is 49.4 Å². The molecule has 1 N–H and O–H groups in total. The normalized spacial score (nSPS) is 15.3. The van der Waals surface area contributed by atoms with Crippen LogP contribution in [0.15, 0.2) is 72.2 Å². The summed E-state index contributed by atoms with van der Waals surface area (Å²) in [4.78, 5) is 17.4. The predicted molar refractivity (Wildman–Crippen MR) is 113 cm³/mol. The van der Waals surface area contributed by atoms with Crippen LogP contribution in [0.25, 0.3) is 0 Å². The number of carbonyl (C=O) groups is 1. The Morgan fingerprint density at radius 1 is 1.13 bits per heavy atom. The van der Waals surface area contributed by atoms with Crippen molar-refractivity contribution in [2.75, 3.05) is 11.9 Å². The van der Waals surface area contributed by atoms with Crippen molar-refractivity contribution in [1.82, 2.24) is 14.8 Å². The fourth-order valence-corrected chi connectivity index (χ4v) is 3.43. The number of rotatable bonds is 7. The summed E-state index contributed by atoms with van der Waals surface area (Å²) in [5.41, 5.74) is 3.04. The Kier molecular flexibility index (Phi) is 5.79. The molecule has 1 atom stereocenters. The van der Waals surface area contributed by atoms with Crippen LogP contribution in [-0.4, -0.2) is 27.3 Å². The molecule has 1 aliphatic rings. The van der Waals surface area contributed by atoms with Gasteiger partial charge in [-0.05, 0) is 36.6 Å². The zero-order valence-electron chi connectivity index (χ0n) is 17.0. The predicted octanol–water partition coefficient (Wildman–Crippen LogP) is 4.10. The highest BCUT2D eigenvalue weighted by atomic mass is 16.5. The SMILES string of the molecule is CCCOc1ccc(C2C(C(=O)OCc3ccccc3)=C(C)Nc3ncnn32)cc1. The van der Waals surface area contributed by atoms with Crippen molar-refractivity contribution in [2.24, 2.45) is 0 Å². The fourth-order valence-electron chi connectivity index (χ4n) is 3.43. The molecule has 1 aromatic heterocycles. The van der Waals surface area contributed by atoms with Crippen LogP contribution in [0.5, 0.6) is 5.75 Å². The van der Waals surface area contributed by atoms with Crippen LogP contribution in [0.2, 0.25) is 0 Å². The van der Waals surface area contributed by atoms with Crippen molar-refractivity contribution in [2.45, 2.75) is 32.9 Å². The van der Waals surface area contributed by atoms with E-state index in [0.717, 1.165) is 23.3 Å². The summed E-state index contributed by atoms with van der Waals surface area (Å²) in [5, 5.41) is 7.49. The zero-order chi connectivity index (χ0) is 20.9. The molecular formula is C23H24N4O3.